The van der Waals surface area contributed by atoms with Gasteiger partial charge in [0.15, 0.2) is 0 Å². The van der Waals surface area contributed by atoms with Gasteiger partial charge in [-0.1, -0.05) is 42.5 Å². The minimum atomic E-state index is -0.568. The van der Waals surface area contributed by atoms with Gasteiger partial charge in [-0.05, 0) is 28.1 Å². The number of carbonyl (C=O) groups is 1. The largest absolute Gasteiger partial charge is 0.307 e. The summed E-state index contributed by atoms with van der Waals surface area (Å²) < 4.78 is 16.1. The van der Waals surface area contributed by atoms with Gasteiger partial charge in [0.05, 0.1) is 5.56 Å². The van der Waals surface area contributed by atoms with Crippen molar-refractivity contribution in [1.29, 1.82) is 0 Å². The van der Waals surface area contributed by atoms with Crippen molar-refractivity contribution < 1.29 is 9.18 Å². The van der Waals surface area contributed by atoms with E-state index in [0.717, 1.165) is 10.2 Å². The molecule has 4 nitrogen and oxygen atoms in total. The van der Waals surface area contributed by atoms with E-state index in [1.54, 1.807) is 17.7 Å². The number of rotatable bonds is 3. The second-order valence-electron chi connectivity index (χ2n) is 4.93. The summed E-state index contributed by atoms with van der Waals surface area (Å²) >= 11 is 3.47. The summed E-state index contributed by atoms with van der Waals surface area (Å²) in [6.45, 7) is 0. The van der Waals surface area contributed by atoms with Crippen molar-refractivity contribution in [1.82, 2.24) is 9.55 Å². The number of hydrogen-bond donors (Lipinski definition) is 1. The molecule has 0 bridgehead atoms. The van der Waals surface area contributed by atoms with Gasteiger partial charge in [0, 0.05) is 12.6 Å². The number of carbonyl (C=O) groups excluding carboxylic acids is 1. The molecule has 0 atom stereocenters. The maximum absolute atomic E-state index is 13.7. The number of hydrogen-bond acceptors (Lipinski definition) is 2. The van der Waals surface area contributed by atoms with Crippen molar-refractivity contribution in [2.45, 2.75) is 0 Å². The molecule has 23 heavy (non-hydrogen) atoms. The fourth-order valence-corrected chi connectivity index (χ4v) is 2.67. The molecule has 3 aromatic rings. The van der Waals surface area contributed by atoms with Crippen LogP contribution in [-0.4, -0.2) is 15.5 Å². The van der Waals surface area contributed by atoms with E-state index in [1.807, 2.05) is 30.3 Å². The molecule has 6 heteroatoms. The molecular formula is C17H13BrFN3O. The van der Waals surface area contributed by atoms with E-state index in [1.165, 1.54) is 18.2 Å². The zero-order chi connectivity index (χ0) is 16.4. The molecule has 0 aliphatic rings. The SMILES string of the molecule is Cn1c(NC(=O)c2ccccc2F)nc(-c2ccccc2)c1Br. The van der Waals surface area contributed by atoms with Gasteiger partial charge in [0.25, 0.3) is 5.91 Å². The first kappa shape index (κ1) is 15.4. The lowest BCUT2D eigenvalue weighted by Gasteiger charge is -2.05. The van der Waals surface area contributed by atoms with Crippen LogP contribution >= 0.6 is 15.9 Å². The number of benzene rings is 2. The van der Waals surface area contributed by atoms with Gasteiger partial charge in [-0.15, -0.1) is 0 Å². The Kier molecular flexibility index (Phi) is 4.25. The third-order valence-corrected chi connectivity index (χ3v) is 4.32. The van der Waals surface area contributed by atoms with Gasteiger partial charge in [0.2, 0.25) is 5.95 Å². The van der Waals surface area contributed by atoms with Crippen LogP contribution in [0.4, 0.5) is 10.3 Å². The molecule has 0 fully saturated rings. The minimum Gasteiger partial charge on any atom is -0.307 e. The summed E-state index contributed by atoms with van der Waals surface area (Å²) in [6.07, 6.45) is 0. The Balaban J connectivity index is 1.93. The maximum atomic E-state index is 13.7. The Morgan fingerprint density at radius 2 is 1.78 bits per heavy atom. The lowest BCUT2D eigenvalue weighted by atomic mass is 10.2. The Morgan fingerprint density at radius 3 is 2.48 bits per heavy atom. The Labute approximate surface area is 141 Å². The number of nitrogens with one attached hydrogen (secondary N) is 1. The highest BCUT2D eigenvalue weighted by atomic mass is 79.9. The van der Waals surface area contributed by atoms with Gasteiger partial charge < -0.3 is 4.57 Å². The molecule has 3 rings (SSSR count). The molecule has 0 aliphatic heterocycles. The van der Waals surface area contributed by atoms with Crippen molar-refractivity contribution in [3.05, 3.63) is 70.6 Å². The summed E-state index contributed by atoms with van der Waals surface area (Å²) in [5, 5.41) is 2.64. The first-order valence-corrected chi connectivity index (χ1v) is 7.70. The van der Waals surface area contributed by atoms with E-state index in [9.17, 15) is 9.18 Å². The summed E-state index contributed by atoms with van der Waals surface area (Å²) in [5.74, 6) is -0.770. The van der Waals surface area contributed by atoms with Crippen molar-refractivity contribution in [2.75, 3.05) is 5.32 Å². The van der Waals surface area contributed by atoms with E-state index in [0.29, 0.717) is 11.6 Å². The average molecular weight is 374 g/mol. The highest BCUT2D eigenvalue weighted by Crippen LogP contribution is 2.30. The topological polar surface area (TPSA) is 46.9 Å². The third-order valence-electron chi connectivity index (χ3n) is 3.42. The van der Waals surface area contributed by atoms with Crippen LogP contribution in [0.25, 0.3) is 11.3 Å². The Bertz CT molecular complexity index is 862. The number of nitrogens with zero attached hydrogens (tertiary/aromatic N) is 2. The smallest absolute Gasteiger partial charge is 0.260 e. The first-order valence-electron chi connectivity index (χ1n) is 6.91. The normalized spacial score (nSPS) is 10.6. The average Bonchev–Trinajstić information content (AvgIpc) is 2.84. The summed E-state index contributed by atoms with van der Waals surface area (Å²) in [6, 6.07) is 15.4. The minimum absolute atomic E-state index is 0.0205. The van der Waals surface area contributed by atoms with Crippen LogP contribution in [-0.2, 0) is 7.05 Å². The van der Waals surface area contributed by atoms with Crippen LogP contribution in [0, 0.1) is 5.82 Å². The van der Waals surface area contributed by atoms with Crippen molar-refractivity contribution in [2.24, 2.45) is 7.05 Å². The Morgan fingerprint density at radius 1 is 1.13 bits per heavy atom. The molecule has 1 heterocycles. The molecule has 1 amide bonds. The number of anilines is 1. The zero-order valence-electron chi connectivity index (χ0n) is 12.3. The molecule has 1 aromatic heterocycles. The highest BCUT2D eigenvalue weighted by Gasteiger charge is 2.18. The third kappa shape index (κ3) is 3.03. The zero-order valence-corrected chi connectivity index (χ0v) is 13.8. The number of aromatic nitrogens is 2. The van der Waals surface area contributed by atoms with Gasteiger partial charge in [0.1, 0.15) is 16.1 Å². The van der Waals surface area contributed by atoms with Gasteiger partial charge in [-0.2, -0.15) is 0 Å². The van der Waals surface area contributed by atoms with Gasteiger partial charge >= 0.3 is 0 Å². The quantitative estimate of drug-likeness (QED) is 0.746. The van der Waals surface area contributed by atoms with E-state index < -0.39 is 11.7 Å². The molecular weight excluding hydrogens is 361 g/mol. The molecule has 2 aromatic carbocycles. The molecule has 0 aliphatic carbocycles. The predicted octanol–water partition coefficient (Wildman–Crippen LogP) is 4.24. The second kappa shape index (κ2) is 6.34. The lowest BCUT2D eigenvalue weighted by molar-refractivity contribution is 0.102. The summed E-state index contributed by atoms with van der Waals surface area (Å²) in [7, 11) is 1.76. The molecule has 0 spiro atoms. The van der Waals surface area contributed by atoms with E-state index in [4.69, 9.17) is 0 Å². The van der Waals surface area contributed by atoms with Crippen LogP contribution in [0.3, 0.4) is 0 Å². The molecule has 116 valence electrons. The molecule has 0 radical (unpaired) electrons. The molecule has 0 saturated heterocycles. The van der Waals surface area contributed by atoms with Crippen molar-refractivity contribution >= 4 is 27.8 Å². The number of imidazole rings is 1. The van der Waals surface area contributed by atoms with E-state index >= 15 is 0 Å². The van der Waals surface area contributed by atoms with Gasteiger partial charge in [-0.25, -0.2) is 9.37 Å². The monoisotopic (exact) mass is 373 g/mol. The highest BCUT2D eigenvalue weighted by molar-refractivity contribution is 9.10. The standard InChI is InChI=1S/C17H13BrFN3O/c1-22-15(18)14(11-7-3-2-4-8-11)20-17(22)21-16(23)12-9-5-6-10-13(12)19/h2-10H,1H3,(H,20,21,23). The van der Waals surface area contributed by atoms with Crippen LogP contribution in [0.1, 0.15) is 10.4 Å². The lowest BCUT2D eigenvalue weighted by Crippen LogP contribution is -2.16. The molecule has 0 saturated carbocycles. The maximum Gasteiger partial charge on any atom is 0.260 e. The van der Waals surface area contributed by atoms with Crippen LogP contribution in [0.2, 0.25) is 0 Å². The number of halogens is 2. The molecule has 0 unspecified atom stereocenters. The summed E-state index contributed by atoms with van der Waals surface area (Å²) in [5.41, 5.74) is 1.60. The van der Waals surface area contributed by atoms with Crippen molar-refractivity contribution in [3.8, 4) is 11.3 Å². The fraction of sp³-hybridized carbons (Fsp3) is 0.0588. The van der Waals surface area contributed by atoms with Crippen LogP contribution in [0.5, 0.6) is 0 Å². The van der Waals surface area contributed by atoms with Crippen LogP contribution in [0.15, 0.2) is 59.2 Å². The first-order chi connectivity index (χ1) is 11.1. The molecule has 1 N–H and O–H groups in total. The fourth-order valence-electron chi connectivity index (χ4n) is 2.18. The Hall–Kier alpha value is -2.47. The summed E-state index contributed by atoms with van der Waals surface area (Å²) in [4.78, 5) is 16.7. The van der Waals surface area contributed by atoms with Gasteiger partial charge in [-0.3, -0.25) is 10.1 Å². The predicted molar refractivity (Wildman–Crippen MR) is 90.7 cm³/mol. The van der Waals surface area contributed by atoms with E-state index in [2.05, 4.69) is 26.2 Å². The second-order valence-corrected chi connectivity index (χ2v) is 5.68. The van der Waals surface area contributed by atoms with E-state index in [-0.39, 0.29) is 5.56 Å². The van der Waals surface area contributed by atoms with Crippen molar-refractivity contribution in [3.63, 3.8) is 0 Å². The number of amides is 1. The van der Waals surface area contributed by atoms with Crippen LogP contribution < -0.4 is 5.32 Å².